The van der Waals surface area contributed by atoms with Crippen LogP contribution in [0.2, 0.25) is 0 Å². The fourth-order valence-electron chi connectivity index (χ4n) is 2.60. The summed E-state index contributed by atoms with van der Waals surface area (Å²) in [5.74, 6) is -1.01. The molecule has 0 spiro atoms. The van der Waals surface area contributed by atoms with Crippen molar-refractivity contribution in [2.75, 3.05) is 26.3 Å². The second-order valence-corrected chi connectivity index (χ2v) is 7.00. The minimum atomic E-state index is -3.52. The molecule has 8 heteroatoms. The van der Waals surface area contributed by atoms with Crippen LogP contribution < -0.4 is 0 Å². The molecule has 0 aliphatic carbocycles. The Morgan fingerprint density at radius 3 is 2.43 bits per heavy atom. The van der Waals surface area contributed by atoms with E-state index in [4.69, 9.17) is 9.84 Å². The van der Waals surface area contributed by atoms with E-state index in [9.17, 15) is 13.2 Å². The highest BCUT2D eigenvalue weighted by molar-refractivity contribution is 7.86. The van der Waals surface area contributed by atoms with Crippen molar-refractivity contribution in [3.8, 4) is 0 Å². The Kier molecular flexibility index (Phi) is 3.70. The van der Waals surface area contributed by atoms with Crippen LogP contribution in [0.15, 0.2) is 18.2 Å². The maximum Gasteiger partial charge on any atom is 0.335 e. The number of hydrogen-bond acceptors (Lipinski definition) is 4. The van der Waals surface area contributed by atoms with Gasteiger partial charge in [-0.2, -0.15) is 17.0 Å². The number of rotatable bonds is 3. The van der Waals surface area contributed by atoms with Crippen LogP contribution in [0.5, 0.6) is 0 Å². The number of aromatic carboxylic acids is 1. The first-order chi connectivity index (χ1) is 9.98. The highest BCUT2D eigenvalue weighted by Crippen LogP contribution is 2.27. The summed E-state index contributed by atoms with van der Waals surface area (Å²) < 4.78 is 33.1. The van der Waals surface area contributed by atoms with Crippen molar-refractivity contribution in [3.05, 3.63) is 34.9 Å². The minimum absolute atomic E-state index is 0.180. The molecule has 0 radical (unpaired) electrons. The summed E-state index contributed by atoms with van der Waals surface area (Å²) in [6, 6.07) is 4.74. The molecule has 0 saturated carbocycles. The van der Waals surface area contributed by atoms with Gasteiger partial charge in [-0.1, -0.05) is 6.07 Å². The number of ether oxygens (including phenoxy) is 1. The lowest BCUT2D eigenvalue weighted by molar-refractivity contribution is 0.0696. The van der Waals surface area contributed by atoms with Gasteiger partial charge in [-0.25, -0.2) is 4.79 Å². The Bertz CT molecular complexity index is 667. The van der Waals surface area contributed by atoms with E-state index in [0.717, 1.165) is 11.1 Å². The van der Waals surface area contributed by atoms with Crippen molar-refractivity contribution in [1.82, 2.24) is 8.61 Å². The average Bonchev–Trinajstić information content (AvgIpc) is 2.91. The van der Waals surface area contributed by atoms with Crippen molar-refractivity contribution in [1.29, 1.82) is 0 Å². The van der Waals surface area contributed by atoms with Gasteiger partial charge in [0.15, 0.2) is 0 Å². The minimum Gasteiger partial charge on any atom is -0.478 e. The number of carbonyl (C=O) groups is 1. The van der Waals surface area contributed by atoms with E-state index in [1.165, 1.54) is 14.7 Å². The second-order valence-electron chi connectivity index (χ2n) is 5.08. The Hall–Kier alpha value is -1.48. The molecule has 21 heavy (non-hydrogen) atoms. The highest BCUT2D eigenvalue weighted by Gasteiger charge is 2.35. The fourth-order valence-corrected chi connectivity index (χ4v) is 4.14. The maximum absolute atomic E-state index is 12.6. The molecule has 0 aromatic heterocycles. The lowest BCUT2D eigenvalue weighted by atomic mass is 10.1. The largest absolute Gasteiger partial charge is 0.478 e. The summed E-state index contributed by atoms with van der Waals surface area (Å²) in [6.07, 6.45) is 0. The maximum atomic E-state index is 12.6. The van der Waals surface area contributed by atoms with E-state index in [2.05, 4.69) is 0 Å². The first-order valence-electron chi connectivity index (χ1n) is 6.66. The van der Waals surface area contributed by atoms with Crippen LogP contribution in [-0.4, -0.2) is 54.4 Å². The molecule has 3 rings (SSSR count). The predicted molar refractivity (Wildman–Crippen MR) is 74.0 cm³/mol. The zero-order valence-electron chi connectivity index (χ0n) is 11.4. The lowest BCUT2D eigenvalue weighted by Gasteiger charge is -2.29. The van der Waals surface area contributed by atoms with Crippen LogP contribution in [0.25, 0.3) is 0 Å². The van der Waals surface area contributed by atoms with Crippen LogP contribution in [0.4, 0.5) is 0 Å². The van der Waals surface area contributed by atoms with Gasteiger partial charge in [0, 0.05) is 26.2 Å². The molecule has 2 aliphatic rings. The monoisotopic (exact) mass is 312 g/mol. The molecule has 0 amide bonds. The molecule has 114 valence electrons. The first kappa shape index (κ1) is 14.5. The van der Waals surface area contributed by atoms with Gasteiger partial charge in [-0.05, 0) is 23.3 Å². The first-order valence-corrected chi connectivity index (χ1v) is 8.06. The summed E-state index contributed by atoms with van der Waals surface area (Å²) in [6.45, 7) is 2.03. The number of carboxylic acid groups (broad SMARTS) is 1. The molecule has 0 bridgehead atoms. The molecule has 7 nitrogen and oxygen atoms in total. The summed E-state index contributed by atoms with van der Waals surface area (Å²) in [5, 5.41) is 8.99. The molecule has 1 aromatic carbocycles. The van der Waals surface area contributed by atoms with E-state index in [1.54, 1.807) is 12.1 Å². The summed E-state index contributed by atoms with van der Waals surface area (Å²) >= 11 is 0. The van der Waals surface area contributed by atoms with Gasteiger partial charge in [-0.15, -0.1) is 0 Å². The van der Waals surface area contributed by atoms with Gasteiger partial charge >= 0.3 is 5.97 Å². The third-order valence-electron chi connectivity index (χ3n) is 3.77. The Morgan fingerprint density at radius 2 is 1.76 bits per heavy atom. The van der Waals surface area contributed by atoms with Crippen LogP contribution in [0.1, 0.15) is 21.5 Å². The zero-order chi connectivity index (χ0) is 15.0. The van der Waals surface area contributed by atoms with Gasteiger partial charge in [-0.3, -0.25) is 0 Å². The molecular formula is C13H16N2O5S. The molecule has 0 atom stereocenters. The molecule has 1 aromatic rings. The van der Waals surface area contributed by atoms with Crippen molar-refractivity contribution in [2.24, 2.45) is 0 Å². The lowest BCUT2D eigenvalue weighted by Crippen LogP contribution is -2.46. The van der Waals surface area contributed by atoms with Crippen molar-refractivity contribution in [3.63, 3.8) is 0 Å². The number of fused-ring (bicyclic) bond motifs is 1. The van der Waals surface area contributed by atoms with Gasteiger partial charge in [0.25, 0.3) is 10.2 Å². The molecule has 1 saturated heterocycles. The molecule has 2 aliphatic heterocycles. The van der Waals surface area contributed by atoms with Crippen molar-refractivity contribution >= 4 is 16.2 Å². The smallest absolute Gasteiger partial charge is 0.335 e. The topological polar surface area (TPSA) is 87.2 Å². The zero-order valence-corrected chi connectivity index (χ0v) is 12.2. The van der Waals surface area contributed by atoms with E-state index in [1.807, 2.05) is 0 Å². The van der Waals surface area contributed by atoms with E-state index < -0.39 is 16.2 Å². The molecule has 1 fully saturated rings. The van der Waals surface area contributed by atoms with E-state index >= 15 is 0 Å². The highest BCUT2D eigenvalue weighted by atomic mass is 32.2. The Balaban J connectivity index is 1.82. The molecule has 1 N–H and O–H groups in total. The van der Waals surface area contributed by atoms with Crippen LogP contribution in [-0.2, 0) is 28.0 Å². The Labute approximate surface area is 122 Å². The standard InChI is InChI=1S/C13H16N2O5S/c16-13(17)10-1-2-11-8-15(9-12(11)7-10)21(18,19)14-3-5-20-6-4-14/h1-2,7H,3-6,8-9H2,(H,16,17). The van der Waals surface area contributed by atoms with Crippen LogP contribution in [0.3, 0.4) is 0 Å². The van der Waals surface area contributed by atoms with Gasteiger partial charge in [0.1, 0.15) is 0 Å². The predicted octanol–water partition coefficient (Wildman–Crippen LogP) is 0.277. The van der Waals surface area contributed by atoms with Gasteiger partial charge in [0.05, 0.1) is 18.8 Å². The fraction of sp³-hybridized carbons (Fsp3) is 0.462. The number of morpholine rings is 1. The molecule has 2 heterocycles. The normalized spacial score (nSPS) is 20.4. The number of nitrogens with zero attached hydrogens (tertiary/aromatic N) is 2. The Morgan fingerprint density at radius 1 is 1.10 bits per heavy atom. The average molecular weight is 312 g/mol. The van der Waals surface area contributed by atoms with Gasteiger partial charge in [0.2, 0.25) is 0 Å². The van der Waals surface area contributed by atoms with Crippen LogP contribution >= 0.6 is 0 Å². The van der Waals surface area contributed by atoms with E-state index in [-0.39, 0.29) is 18.7 Å². The summed E-state index contributed by atoms with van der Waals surface area (Å²) in [5.41, 5.74) is 1.79. The number of carboxylic acids is 1. The SMILES string of the molecule is O=C(O)c1ccc2c(c1)CN(S(=O)(=O)N1CCOCC1)C2. The third-order valence-corrected chi connectivity index (χ3v) is 5.70. The summed E-state index contributed by atoms with van der Waals surface area (Å²) in [7, 11) is -3.52. The third kappa shape index (κ3) is 2.67. The summed E-state index contributed by atoms with van der Waals surface area (Å²) in [4.78, 5) is 11.0. The van der Waals surface area contributed by atoms with Gasteiger partial charge < -0.3 is 9.84 Å². The van der Waals surface area contributed by atoms with E-state index in [0.29, 0.717) is 26.3 Å². The van der Waals surface area contributed by atoms with Crippen LogP contribution in [0, 0.1) is 0 Å². The number of benzene rings is 1. The van der Waals surface area contributed by atoms with Crippen molar-refractivity contribution < 1.29 is 23.1 Å². The second kappa shape index (κ2) is 5.38. The molecule has 0 unspecified atom stereocenters. The quantitative estimate of drug-likeness (QED) is 0.866. The van der Waals surface area contributed by atoms with Crippen molar-refractivity contribution in [2.45, 2.75) is 13.1 Å². The molecular weight excluding hydrogens is 296 g/mol. The number of hydrogen-bond donors (Lipinski definition) is 1.